The van der Waals surface area contributed by atoms with Crippen molar-refractivity contribution < 1.29 is 9.59 Å². The van der Waals surface area contributed by atoms with Crippen molar-refractivity contribution in [1.82, 2.24) is 20.4 Å². The molecule has 0 aliphatic rings. The van der Waals surface area contributed by atoms with Crippen molar-refractivity contribution in [3.63, 3.8) is 0 Å². The average molecular weight is 346 g/mol. The van der Waals surface area contributed by atoms with Crippen molar-refractivity contribution in [1.29, 1.82) is 0 Å². The minimum absolute atomic E-state index is 0.0776. The molecule has 0 spiro atoms. The number of aromatic nitrogens is 2. The smallest absolute Gasteiger partial charge is 0.258 e. The van der Waals surface area contributed by atoms with Gasteiger partial charge in [0.1, 0.15) is 16.0 Å². The molecule has 2 amide bonds. The van der Waals surface area contributed by atoms with E-state index in [0.717, 1.165) is 19.3 Å². The molecule has 8 heteroatoms. The Balaban J connectivity index is 2.41. The summed E-state index contributed by atoms with van der Waals surface area (Å²) < 4.78 is 1.75. The standard InChI is InChI=1S/C12H20BrN5O2/c1-3-4-5-6-15-8(19)7-16-12(20)9-10(13)17-18(2)11(9)14/h3-7,14H2,1-2H3,(H,15,19)(H,16,20). The molecule has 1 aromatic heterocycles. The van der Waals surface area contributed by atoms with E-state index in [0.29, 0.717) is 11.1 Å². The molecule has 0 aliphatic carbocycles. The Bertz CT molecular complexity index is 486. The third kappa shape index (κ3) is 4.52. The number of anilines is 1. The molecule has 1 aromatic rings. The normalized spacial score (nSPS) is 10.3. The van der Waals surface area contributed by atoms with E-state index in [9.17, 15) is 9.59 Å². The van der Waals surface area contributed by atoms with Gasteiger partial charge in [0.25, 0.3) is 5.91 Å². The number of carbonyl (C=O) groups excluding carboxylic acids is 2. The zero-order valence-corrected chi connectivity index (χ0v) is 13.3. The van der Waals surface area contributed by atoms with Gasteiger partial charge in [-0.2, -0.15) is 5.10 Å². The van der Waals surface area contributed by atoms with Gasteiger partial charge in [-0.3, -0.25) is 14.3 Å². The van der Waals surface area contributed by atoms with Crippen molar-refractivity contribution >= 4 is 33.6 Å². The minimum Gasteiger partial charge on any atom is -0.383 e. The summed E-state index contributed by atoms with van der Waals surface area (Å²) in [4.78, 5) is 23.5. The number of unbranched alkanes of at least 4 members (excludes halogenated alkanes) is 2. The molecule has 1 heterocycles. The van der Waals surface area contributed by atoms with Crippen LogP contribution in [-0.4, -0.2) is 34.7 Å². The molecule has 1 rings (SSSR count). The highest BCUT2D eigenvalue weighted by molar-refractivity contribution is 9.10. The van der Waals surface area contributed by atoms with Gasteiger partial charge in [0.15, 0.2) is 0 Å². The van der Waals surface area contributed by atoms with Crippen LogP contribution >= 0.6 is 15.9 Å². The number of halogens is 1. The second-order valence-corrected chi connectivity index (χ2v) is 5.17. The highest BCUT2D eigenvalue weighted by atomic mass is 79.9. The highest BCUT2D eigenvalue weighted by Crippen LogP contribution is 2.20. The first-order valence-corrected chi connectivity index (χ1v) is 7.29. The summed E-state index contributed by atoms with van der Waals surface area (Å²) in [7, 11) is 1.64. The zero-order chi connectivity index (χ0) is 15.1. The maximum atomic E-state index is 11.9. The molecule has 0 radical (unpaired) electrons. The van der Waals surface area contributed by atoms with Gasteiger partial charge < -0.3 is 16.4 Å². The predicted molar refractivity (Wildman–Crippen MR) is 80.2 cm³/mol. The van der Waals surface area contributed by atoms with E-state index in [1.54, 1.807) is 7.05 Å². The maximum Gasteiger partial charge on any atom is 0.258 e. The zero-order valence-electron chi connectivity index (χ0n) is 11.7. The molecule has 0 saturated carbocycles. The third-order valence-electron chi connectivity index (χ3n) is 2.79. The fourth-order valence-corrected chi connectivity index (χ4v) is 2.25. The lowest BCUT2D eigenvalue weighted by Crippen LogP contribution is -2.37. The summed E-state index contributed by atoms with van der Waals surface area (Å²) >= 11 is 3.16. The van der Waals surface area contributed by atoms with Crippen molar-refractivity contribution in [2.24, 2.45) is 7.05 Å². The largest absolute Gasteiger partial charge is 0.383 e. The van der Waals surface area contributed by atoms with Gasteiger partial charge in [-0.05, 0) is 22.4 Å². The molecule has 112 valence electrons. The molecule has 0 fully saturated rings. The van der Waals surface area contributed by atoms with Crippen molar-refractivity contribution in [2.45, 2.75) is 26.2 Å². The number of nitrogens with two attached hydrogens (primary N) is 1. The van der Waals surface area contributed by atoms with Crippen molar-refractivity contribution in [3.8, 4) is 0 Å². The van der Waals surface area contributed by atoms with E-state index in [4.69, 9.17) is 5.73 Å². The van der Waals surface area contributed by atoms with Crippen molar-refractivity contribution in [3.05, 3.63) is 10.2 Å². The van der Waals surface area contributed by atoms with Gasteiger partial charge in [0.2, 0.25) is 5.91 Å². The number of hydrogen-bond donors (Lipinski definition) is 3. The number of hydrogen-bond acceptors (Lipinski definition) is 4. The molecule has 0 unspecified atom stereocenters. The lowest BCUT2D eigenvalue weighted by molar-refractivity contribution is -0.120. The number of nitrogens with zero attached hydrogens (tertiary/aromatic N) is 2. The van der Waals surface area contributed by atoms with Gasteiger partial charge in [-0.1, -0.05) is 19.8 Å². The van der Waals surface area contributed by atoms with Gasteiger partial charge in [0.05, 0.1) is 6.54 Å². The number of carbonyl (C=O) groups is 2. The molecule has 0 aromatic carbocycles. The van der Waals surface area contributed by atoms with Gasteiger partial charge in [0, 0.05) is 13.6 Å². The number of rotatable bonds is 7. The van der Waals surface area contributed by atoms with Gasteiger partial charge in [-0.25, -0.2) is 0 Å². The molecular formula is C12H20BrN5O2. The van der Waals surface area contributed by atoms with Crippen LogP contribution in [0, 0.1) is 0 Å². The summed E-state index contributed by atoms with van der Waals surface area (Å²) in [6.45, 7) is 2.64. The van der Waals surface area contributed by atoms with E-state index >= 15 is 0 Å². The van der Waals surface area contributed by atoms with Crippen molar-refractivity contribution in [2.75, 3.05) is 18.8 Å². The van der Waals surface area contributed by atoms with E-state index in [2.05, 4.69) is 38.6 Å². The highest BCUT2D eigenvalue weighted by Gasteiger charge is 2.19. The third-order valence-corrected chi connectivity index (χ3v) is 3.34. The molecule has 7 nitrogen and oxygen atoms in total. The fraction of sp³-hybridized carbons (Fsp3) is 0.583. The molecule has 0 bridgehead atoms. The van der Waals surface area contributed by atoms with Gasteiger partial charge in [-0.15, -0.1) is 0 Å². The molecule has 4 N–H and O–H groups in total. The van der Waals surface area contributed by atoms with Crippen LogP contribution in [0.2, 0.25) is 0 Å². The fourth-order valence-electron chi connectivity index (χ4n) is 1.63. The lowest BCUT2D eigenvalue weighted by Gasteiger charge is -2.06. The number of aryl methyl sites for hydroxylation is 1. The number of nitrogen functional groups attached to an aromatic ring is 1. The summed E-state index contributed by atoms with van der Waals surface area (Å²) in [6, 6.07) is 0. The van der Waals surface area contributed by atoms with Crippen LogP contribution < -0.4 is 16.4 Å². The van der Waals surface area contributed by atoms with E-state index in [1.807, 2.05) is 0 Å². The SMILES string of the molecule is CCCCCNC(=O)CNC(=O)c1c(Br)nn(C)c1N. The summed E-state index contributed by atoms with van der Waals surface area (Å²) in [5, 5.41) is 9.24. The van der Waals surface area contributed by atoms with Crippen LogP contribution in [-0.2, 0) is 11.8 Å². The second-order valence-electron chi connectivity index (χ2n) is 4.41. The number of amides is 2. The first-order valence-electron chi connectivity index (χ1n) is 6.50. The molecule has 20 heavy (non-hydrogen) atoms. The van der Waals surface area contributed by atoms with E-state index < -0.39 is 5.91 Å². The van der Waals surface area contributed by atoms with Crippen LogP contribution in [0.4, 0.5) is 5.82 Å². The van der Waals surface area contributed by atoms with E-state index in [1.165, 1.54) is 4.68 Å². The van der Waals surface area contributed by atoms with Crippen LogP contribution in [0.5, 0.6) is 0 Å². The minimum atomic E-state index is -0.425. The first-order chi connectivity index (χ1) is 9.47. The molecule has 0 atom stereocenters. The quantitative estimate of drug-likeness (QED) is 0.636. The Kier molecular flexibility index (Phi) is 6.50. The Morgan fingerprint density at radius 3 is 2.60 bits per heavy atom. The lowest BCUT2D eigenvalue weighted by atomic mass is 10.2. The van der Waals surface area contributed by atoms with Crippen LogP contribution in [0.1, 0.15) is 36.5 Å². The molecule has 0 saturated heterocycles. The molecule has 0 aliphatic heterocycles. The van der Waals surface area contributed by atoms with E-state index in [-0.39, 0.29) is 23.8 Å². The summed E-state index contributed by atoms with van der Waals surface area (Å²) in [6.07, 6.45) is 3.12. The predicted octanol–water partition coefficient (Wildman–Crippen LogP) is 0.801. The first kappa shape index (κ1) is 16.5. The van der Waals surface area contributed by atoms with Gasteiger partial charge >= 0.3 is 0 Å². The summed E-state index contributed by atoms with van der Waals surface area (Å²) in [5.41, 5.74) is 5.98. The topological polar surface area (TPSA) is 102 Å². The Morgan fingerprint density at radius 1 is 1.35 bits per heavy atom. The molecular weight excluding hydrogens is 326 g/mol. The Hall–Kier alpha value is -1.57. The average Bonchev–Trinajstić information content (AvgIpc) is 2.66. The Labute approximate surface area is 126 Å². The van der Waals surface area contributed by atoms with Crippen LogP contribution in [0.25, 0.3) is 0 Å². The summed E-state index contributed by atoms with van der Waals surface area (Å²) in [5.74, 6) is -0.392. The number of nitrogens with one attached hydrogen (secondary N) is 2. The second kappa shape index (κ2) is 7.88. The maximum absolute atomic E-state index is 11.9. The van der Waals surface area contributed by atoms with Crippen LogP contribution in [0.3, 0.4) is 0 Å². The monoisotopic (exact) mass is 345 g/mol. The van der Waals surface area contributed by atoms with Crippen LogP contribution in [0.15, 0.2) is 4.60 Å². The Morgan fingerprint density at radius 2 is 2.05 bits per heavy atom.